The minimum absolute atomic E-state index is 0.166. The van der Waals surface area contributed by atoms with E-state index in [1.54, 1.807) is 0 Å². The molecular formula is C19H25N5O7. The molecule has 2 unspecified atom stereocenters. The summed E-state index contributed by atoms with van der Waals surface area (Å²) in [5, 5.41) is 30.2. The average molecular weight is 435 g/mol. The van der Waals surface area contributed by atoms with Crippen LogP contribution in [0.1, 0.15) is 31.2 Å². The van der Waals surface area contributed by atoms with Gasteiger partial charge in [-0.2, -0.15) is 5.10 Å². The molecule has 3 rings (SSSR count). The van der Waals surface area contributed by atoms with Gasteiger partial charge in [0.15, 0.2) is 17.7 Å². The van der Waals surface area contributed by atoms with Gasteiger partial charge in [-0.1, -0.05) is 12.8 Å². The normalized spacial score (nSPS) is 22.0. The Kier molecular flexibility index (Phi) is 6.47. The van der Waals surface area contributed by atoms with E-state index in [4.69, 9.17) is 9.47 Å². The second-order valence-electron chi connectivity index (χ2n) is 7.36. The van der Waals surface area contributed by atoms with Gasteiger partial charge in [0.1, 0.15) is 0 Å². The smallest absolute Gasteiger partial charge is 0.329 e. The van der Waals surface area contributed by atoms with Crippen molar-refractivity contribution in [3.63, 3.8) is 0 Å². The molecule has 1 aromatic carbocycles. The summed E-state index contributed by atoms with van der Waals surface area (Å²) < 4.78 is 10.3. The number of ether oxygens (including phenoxy) is 2. The molecule has 1 aromatic rings. The van der Waals surface area contributed by atoms with Crippen molar-refractivity contribution in [2.45, 2.75) is 43.9 Å². The van der Waals surface area contributed by atoms with Crippen LogP contribution in [0.5, 0.6) is 17.2 Å². The molecule has 1 aliphatic heterocycles. The Balaban J connectivity index is 1.99. The van der Waals surface area contributed by atoms with E-state index in [-0.39, 0.29) is 23.3 Å². The van der Waals surface area contributed by atoms with Crippen LogP contribution in [-0.4, -0.2) is 77.6 Å². The minimum Gasteiger partial charge on any atom is -0.502 e. The fourth-order valence-electron chi connectivity index (χ4n) is 3.84. The first kappa shape index (κ1) is 22.1. The Bertz CT molecular complexity index is 875. The number of urea groups is 1. The maximum absolute atomic E-state index is 12.5. The number of nitrogens with one attached hydrogen (secondary N) is 1. The van der Waals surface area contributed by atoms with Crippen molar-refractivity contribution in [2.24, 2.45) is 5.10 Å². The molecule has 168 valence electrons. The number of aromatic hydroxyl groups is 1. The van der Waals surface area contributed by atoms with E-state index in [0.717, 1.165) is 25.7 Å². The van der Waals surface area contributed by atoms with Crippen LogP contribution in [0.15, 0.2) is 17.2 Å². The summed E-state index contributed by atoms with van der Waals surface area (Å²) in [7, 11) is 3.98. The Morgan fingerprint density at radius 1 is 1.26 bits per heavy atom. The van der Waals surface area contributed by atoms with Crippen LogP contribution in [0.2, 0.25) is 0 Å². The van der Waals surface area contributed by atoms with Gasteiger partial charge < -0.3 is 19.9 Å². The monoisotopic (exact) mass is 435 g/mol. The third-order valence-electron chi connectivity index (χ3n) is 5.51. The molecule has 2 atom stereocenters. The molecule has 1 heterocycles. The average Bonchev–Trinajstić information content (AvgIpc) is 3.27. The largest absolute Gasteiger partial charge is 0.502 e. The molecule has 1 aliphatic carbocycles. The zero-order valence-electron chi connectivity index (χ0n) is 17.5. The molecule has 2 fully saturated rings. The Morgan fingerprint density at radius 2 is 1.84 bits per heavy atom. The topological polar surface area (TPSA) is 147 Å². The number of rotatable bonds is 7. The molecule has 0 aromatic heterocycles. The van der Waals surface area contributed by atoms with Gasteiger partial charge in [0.25, 0.3) is 0 Å². The van der Waals surface area contributed by atoms with E-state index in [0.29, 0.717) is 10.5 Å². The van der Waals surface area contributed by atoms with Crippen LogP contribution in [-0.2, 0) is 4.79 Å². The predicted octanol–water partition coefficient (Wildman–Crippen LogP) is 1.14. The number of likely N-dealkylation sites (N-methyl/N-ethyl adjacent to an activating group) is 1. The lowest BCUT2D eigenvalue weighted by Gasteiger charge is -2.38. The molecule has 0 bridgehead atoms. The maximum Gasteiger partial charge on any atom is 0.329 e. The van der Waals surface area contributed by atoms with Gasteiger partial charge in [0, 0.05) is 23.6 Å². The minimum atomic E-state index is -1.69. The number of methoxy groups -OCH3 is 2. The molecule has 12 nitrogen and oxygen atoms in total. The molecule has 1 saturated heterocycles. The Morgan fingerprint density at radius 3 is 2.35 bits per heavy atom. The number of benzene rings is 1. The highest BCUT2D eigenvalue weighted by molar-refractivity contribution is 5.99. The second kappa shape index (κ2) is 9.06. The van der Waals surface area contributed by atoms with Crippen molar-refractivity contribution < 1.29 is 29.1 Å². The predicted molar refractivity (Wildman–Crippen MR) is 109 cm³/mol. The number of nitro groups is 1. The number of hydrogen-bond donors (Lipinski definition) is 2. The molecule has 2 aliphatic rings. The second-order valence-corrected chi connectivity index (χ2v) is 7.36. The maximum atomic E-state index is 12.5. The van der Waals surface area contributed by atoms with Crippen LogP contribution in [0, 0.1) is 10.1 Å². The first-order valence-corrected chi connectivity index (χ1v) is 9.77. The molecule has 0 spiro atoms. The van der Waals surface area contributed by atoms with E-state index < -0.39 is 29.1 Å². The molecule has 3 amide bonds. The SMILES string of the molecule is COc1cc(/C=N/N(C2CCCC2)C2NC(=O)N(C)C(=O)C2[N+](=O)[O-])cc(OC)c1O. The van der Waals surface area contributed by atoms with Crippen LogP contribution in [0.25, 0.3) is 0 Å². The molecule has 31 heavy (non-hydrogen) atoms. The van der Waals surface area contributed by atoms with Gasteiger partial charge in [0.05, 0.1) is 20.4 Å². The van der Waals surface area contributed by atoms with Crippen LogP contribution in [0.3, 0.4) is 0 Å². The molecule has 1 saturated carbocycles. The van der Waals surface area contributed by atoms with E-state index in [9.17, 15) is 24.8 Å². The standard InChI is InChI=1S/C19H25N5O7/c1-22-18(26)15(24(28)29)17(21-19(22)27)23(12-6-4-5-7-12)20-10-11-8-13(30-2)16(25)14(9-11)31-3/h8-10,12,15,17,25H,4-7H2,1-3H3,(H,21,27)/b20-10+. The van der Waals surface area contributed by atoms with Gasteiger partial charge in [-0.25, -0.2) is 4.79 Å². The van der Waals surface area contributed by atoms with E-state index >= 15 is 0 Å². The highest BCUT2D eigenvalue weighted by Crippen LogP contribution is 2.36. The van der Waals surface area contributed by atoms with Crippen LogP contribution < -0.4 is 14.8 Å². The number of imide groups is 1. The Labute approximate surface area is 178 Å². The summed E-state index contributed by atoms with van der Waals surface area (Å²) >= 11 is 0. The van der Waals surface area contributed by atoms with Gasteiger partial charge in [-0.3, -0.25) is 24.8 Å². The summed E-state index contributed by atoms with van der Waals surface area (Å²) in [6.07, 6.45) is 3.46. The first-order chi connectivity index (χ1) is 14.8. The lowest BCUT2D eigenvalue weighted by Crippen LogP contribution is -2.69. The lowest BCUT2D eigenvalue weighted by molar-refractivity contribution is -0.519. The summed E-state index contributed by atoms with van der Waals surface area (Å²) in [5.41, 5.74) is 0.498. The zero-order chi connectivity index (χ0) is 22.7. The zero-order valence-corrected chi connectivity index (χ0v) is 17.5. The fraction of sp³-hybridized carbons (Fsp3) is 0.526. The van der Waals surface area contributed by atoms with Gasteiger partial charge >= 0.3 is 18.0 Å². The summed E-state index contributed by atoms with van der Waals surface area (Å²) in [5.74, 6) is -0.736. The number of phenolic OH excluding ortho intramolecular Hbond substituents is 1. The number of amides is 3. The van der Waals surface area contributed by atoms with Crippen molar-refractivity contribution in [1.29, 1.82) is 0 Å². The molecular weight excluding hydrogens is 410 g/mol. The summed E-state index contributed by atoms with van der Waals surface area (Å²) in [6, 6.07) is 0.458. The van der Waals surface area contributed by atoms with E-state index in [2.05, 4.69) is 10.4 Å². The molecule has 2 N–H and O–H groups in total. The molecule has 12 heteroatoms. The number of hydrogen-bond acceptors (Lipinski definition) is 9. The molecule has 0 radical (unpaired) electrons. The number of hydrazone groups is 1. The number of nitrogens with zero attached hydrogens (tertiary/aromatic N) is 4. The lowest BCUT2D eigenvalue weighted by atomic mass is 10.1. The van der Waals surface area contributed by atoms with Crippen molar-refractivity contribution >= 4 is 18.2 Å². The van der Waals surface area contributed by atoms with Gasteiger partial charge in [0.2, 0.25) is 5.75 Å². The van der Waals surface area contributed by atoms with E-state index in [1.165, 1.54) is 44.6 Å². The third kappa shape index (κ3) is 4.32. The van der Waals surface area contributed by atoms with Gasteiger partial charge in [-0.15, -0.1) is 0 Å². The van der Waals surface area contributed by atoms with Crippen LogP contribution in [0.4, 0.5) is 4.79 Å². The van der Waals surface area contributed by atoms with Crippen molar-refractivity contribution in [3.8, 4) is 17.2 Å². The van der Waals surface area contributed by atoms with Crippen molar-refractivity contribution in [1.82, 2.24) is 15.2 Å². The van der Waals surface area contributed by atoms with Crippen molar-refractivity contribution in [3.05, 3.63) is 27.8 Å². The van der Waals surface area contributed by atoms with Crippen LogP contribution >= 0.6 is 0 Å². The van der Waals surface area contributed by atoms with Gasteiger partial charge in [-0.05, 0) is 25.0 Å². The Hall–Kier alpha value is -3.57. The summed E-state index contributed by atoms with van der Waals surface area (Å²) in [4.78, 5) is 36.4. The highest BCUT2D eigenvalue weighted by Gasteiger charge is 2.51. The number of phenols is 1. The third-order valence-corrected chi connectivity index (χ3v) is 5.51. The highest BCUT2D eigenvalue weighted by atomic mass is 16.6. The van der Waals surface area contributed by atoms with Crippen molar-refractivity contribution in [2.75, 3.05) is 21.3 Å². The number of carbonyl (C=O) groups excluding carboxylic acids is 2. The first-order valence-electron chi connectivity index (χ1n) is 9.77. The summed E-state index contributed by atoms with van der Waals surface area (Å²) in [6.45, 7) is 0. The number of carbonyl (C=O) groups is 2. The fourth-order valence-corrected chi connectivity index (χ4v) is 3.84. The quantitative estimate of drug-likeness (QED) is 0.368. The van der Waals surface area contributed by atoms with E-state index in [1.807, 2.05) is 0 Å².